The zero-order valence-corrected chi connectivity index (χ0v) is 22.4. The van der Waals surface area contributed by atoms with Crippen molar-refractivity contribution in [2.24, 2.45) is 0 Å². The molecule has 0 aliphatic carbocycles. The number of halogens is 4. The van der Waals surface area contributed by atoms with Gasteiger partial charge in [0.25, 0.3) is 0 Å². The summed E-state index contributed by atoms with van der Waals surface area (Å²) in [5, 5.41) is 3.51. The van der Waals surface area contributed by atoms with Gasteiger partial charge in [0.2, 0.25) is 6.43 Å². The Morgan fingerprint density at radius 1 is 1.12 bits per heavy atom. The Morgan fingerprint density at radius 3 is 2.58 bits per heavy atom. The first-order chi connectivity index (χ1) is 19.0. The minimum atomic E-state index is -2.77. The number of nitrogens with one attached hydrogen (secondary N) is 1. The molecule has 3 N–H and O–H groups in total. The Hall–Kier alpha value is -4.06. The number of nitrogen functional groups attached to an aromatic ring is 1. The van der Waals surface area contributed by atoms with Crippen molar-refractivity contribution in [1.29, 1.82) is 0 Å². The maximum atomic E-state index is 15.8. The van der Waals surface area contributed by atoms with E-state index in [0.717, 1.165) is 16.7 Å². The molecule has 1 aliphatic heterocycles. The molecule has 3 aromatic heterocycles. The highest BCUT2D eigenvalue weighted by Crippen LogP contribution is 2.36. The molecule has 1 saturated heterocycles. The van der Waals surface area contributed by atoms with Crippen molar-refractivity contribution in [2.75, 3.05) is 23.7 Å². The maximum absolute atomic E-state index is 15.8. The lowest BCUT2D eigenvalue weighted by Crippen LogP contribution is -2.55. The van der Waals surface area contributed by atoms with E-state index in [1.54, 1.807) is 13.0 Å². The minimum absolute atomic E-state index is 0.0461. The van der Waals surface area contributed by atoms with Gasteiger partial charge in [-0.1, -0.05) is 13.0 Å². The fraction of sp³-hybridized carbons (Fsp3) is 0.357. The van der Waals surface area contributed by atoms with E-state index in [4.69, 9.17) is 5.73 Å². The molecule has 3 atom stereocenters. The molecule has 4 aromatic rings. The van der Waals surface area contributed by atoms with Crippen LogP contribution in [0.1, 0.15) is 37.9 Å². The van der Waals surface area contributed by atoms with Crippen LogP contribution in [0.25, 0.3) is 28.0 Å². The number of alkyl halides is 2. The minimum Gasteiger partial charge on any atom is -0.398 e. The number of nitrogens with two attached hydrogens (primary N) is 1. The molecule has 0 saturated carbocycles. The smallest absolute Gasteiger partial charge is 0.355 e. The Balaban J connectivity index is 1.91. The van der Waals surface area contributed by atoms with Gasteiger partial charge in [-0.15, -0.1) is 0 Å². The van der Waals surface area contributed by atoms with E-state index in [1.165, 1.54) is 25.3 Å². The summed E-state index contributed by atoms with van der Waals surface area (Å²) in [6, 6.07) is 6.57. The molecule has 12 heteroatoms. The lowest BCUT2D eigenvalue weighted by molar-refractivity contribution is 0.119. The van der Waals surface area contributed by atoms with Crippen LogP contribution in [0.15, 0.2) is 41.3 Å². The molecular weight excluding hydrogens is 526 g/mol. The molecule has 5 rings (SSSR count). The number of hydrogen-bond donors (Lipinski definition) is 2. The lowest BCUT2D eigenvalue weighted by atomic mass is 10.0. The first-order valence-corrected chi connectivity index (χ1v) is 12.9. The lowest BCUT2D eigenvalue weighted by Gasteiger charge is -2.38. The summed E-state index contributed by atoms with van der Waals surface area (Å²) < 4.78 is 59.5. The molecule has 0 spiro atoms. The molecule has 4 heterocycles. The first-order valence-electron chi connectivity index (χ1n) is 12.9. The summed E-state index contributed by atoms with van der Waals surface area (Å²) in [5.41, 5.74) is 4.86. The molecule has 0 radical (unpaired) electrons. The molecule has 8 nitrogen and oxygen atoms in total. The van der Waals surface area contributed by atoms with Crippen molar-refractivity contribution in [2.45, 2.75) is 52.1 Å². The van der Waals surface area contributed by atoms with Crippen molar-refractivity contribution in [3.05, 3.63) is 69.9 Å². The summed E-state index contributed by atoms with van der Waals surface area (Å²) in [5.74, 6) is -2.82. The van der Waals surface area contributed by atoms with E-state index < -0.39 is 35.4 Å². The predicted octanol–water partition coefficient (Wildman–Crippen LogP) is 4.57. The van der Waals surface area contributed by atoms with E-state index in [2.05, 4.69) is 20.3 Å². The highest BCUT2D eigenvalue weighted by molar-refractivity contribution is 5.91. The number of hydrogen-bond acceptors (Lipinski definition) is 7. The number of aryl methyl sites for hydroxylation is 1. The van der Waals surface area contributed by atoms with Crippen LogP contribution in [-0.2, 0) is 0 Å². The molecular formula is C28H29F4N7O. The molecule has 1 fully saturated rings. The summed E-state index contributed by atoms with van der Waals surface area (Å²) in [6.45, 7) is 7.90. The van der Waals surface area contributed by atoms with Crippen LogP contribution in [0.5, 0.6) is 0 Å². The van der Waals surface area contributed by atoms with Crippen molar-refractivity contribution >= 4 is 22.5 Å². The maximum Gasteiger partial charge on any atom is 0.355 e. The van der Waals surface area contributed by atoms with Crippen molar-refractivity contribution in [3.63, 3.8) is 0 Å². The molecule has 1 aliphatic rings. The average Bonchev–Trinajstić information content (AvgIpc) is 2.90. The second kappa shape index (κ2) is 10.5. The molecule has 1 aromatic carbocycles. The zero-order valence-electron chi connectivity index (χ0n) is 22.4. The van der Waals surface area contributed by atoms with Gasteiger partial charge in [-0.25, -0.2) is 31.9 Å². The SMILES string of the molecule is Cc1ccnc([C@@H](C)C(F)F)c1-n1c(=O)nc(N2C[C@@H](C)NC[C@@H]2C)c2cc(F)c(-c3c(N)cccc3F)nc21. The monoisotopic (exact) mass is 555 g/mol. The van der Waals surface area contributed by atoms with E-state index in [-0.39, 0.29) is 51.6 Å². The average molecular weight is 556 g/mol. The summed E-state index contributed by atoms with van der Waals surface area (Å²) >= 11 is 0. The van der Waals surface area contributed by atoms with Crippen molar-refractivity contribution in [1.82, 2.24) is 24.8 Å². The van der Waals surface area contributed by atoms with Gasteiger partial charge >= 0.3 is 5.69 Å². The third kappa shape index (κ3) is 4.66. The summed E-state index contributed by atoms with van der Waals surface area (Å²) in [7, 11) is 0. The molecule has 40 heavy (non-hydrogen) atoms. The number of aromatic nitrogens is 4. The molecule has 210 valence electrons. The Labute approximate surface area is 227 Å². The quantitative estimate of drug-likeness (QED) is 0.275. The number of nitrogens with zero attached hydrogens (tertiary/aromatic N) is 5. The number of rotatable bonds is 5. The van der Waals surface area contributed by atoms with E-state index in [0.29, 0.717) is 18.7 Å². The van der Waals surface area contributed by atoms with Crippen LogP contribution in [0.3, 0.4) is 0 Å². The van der Waals surface area contributed by atoms with Crippen LogP contribution < -0.4 is 21.6 Å². The van der Waals surface area contributed by atoms with E-state index in [9.17, 15) is 18.0 Å². The number of benzene rings is 1. The Kier molecular flexibility index (Phi) is 7.21. The normalized spacial score (nSPS) is 18.5. The number of pyridine rings is 2. The number of piperazine rings is 1. The highest BCUT2D eigenvalue weighted by Gasteiger charge is 2.31. The third-order valence-electron chi connectivity index (χ3n) is 7.31. The zero-order chi connectivity index (χ0) is 28.9. The molecule has 0 unspecified atom stereocenters. The second-order valence-electron chi connectivity index (χ2n) is 10.2. The van der Waals surface area contributed by atoms with Gasteiger partial charge < -0.3 is 16.0 Å². The van der Waals surface area contributed by atoms with Gasteiger partial charge in [-0.3, -0.25) is 4.98 Å². The van der Waals surface area contributed by atoms with Crippen molar-refractivity contribution in [3.8, 4) is 16.9 Å². The second-order valence-corrected chi connectivity index (χ2v) is 10.2. The van der Waals surface area contributed by atoms with Crippen LogP contribution in [0.2, 0.25) is 0 Å². The fourth-order valence-corrected chi connectivity index (χ4v) is 5.12. The largest absolute Gasteiger partial charge is 0.398 e. The topological polar surface area (TPSA) is 102 Å². The fourth-order valence-electron chi connectivity index (χ4n) is 5.12. The number of anilines is 2. The van der Waals surface area contributed by atoms with Gasteiger partial charge in [0.05, 0.1) is 28.2 Å². The van der Waals surface area contributed by atoms with Crippen LogP contribution >= 0.6 is 0 Å². The van der Waals surface area contributed by atoms with E-state index in [1.807, 2.05) is 18.7 Å². The standard InChI is InChI=1S/C28H29F4N7O/c1-13-8-9-34-22(16(4)25(31)32)24(13)39-27-17(26(37-28(39)40)38-12-14(2)35-11-15(38)3)10-19(30)23(36-27)21-18(29)6-5-7-20(21)33/h5-10,14-16,25,35H,11-12,33H2,1-4H3/t14-,15+,16-/m1/s1. The van der Waals surface area contributed by atoms with E-state index >= 15 is 4.39 Å². The van der Waals surface area contributed by atoms with Gasteiger partial charge in [-0.2, -0.15) is 4.98 Å². The van der Waals surface area contributed by atoms with Crippen LogP contribution in [-0.4, -0.2) is 51.1 Å². The van der Waals surface area contributed by atoms with Gasteiger partial charge in [0, 0.05) is 37.1 Å². The first kappa shape index (κ1) is 27.5. The van der Waals surface area contributed by atoms with Crippen LogP contribution in [0.4, 0.5) is 29.1 Å². The molecule has 0 amide bonds. The summed E-state index contributed by atoms with van der Waals surface area (Å²) in [4.78, 5) is 28.7. The number of fused-ring (bicyclic) bond motifs is 1. The Bertz CT molecular complexity index is 1640. The third-order valence-corrected chi connectivity index (χ3v) is 7.31. The van der Waals surface area contributed by atoms with Gasteiger partial charge in [0.1, 0.15) is 17.3 Å². The highest BCUT2D eigenvalue weighted by atomic mass is 19.3. The predicted molar refractivity (Wildman–Crippen MR) is 146 cm³/mol. The van der Waals surface area contributed by atoms with Gasteiger partial charge in [0.15, 0.2) is 11.5 Å². The summed E-state index contributed by atoms with van der Waals surface area (Å²) in [6.07, 6.45) is -1.39. The molecule has 0 bridgehead atoms. The van der Waals surface area contributed by atoms with Crippen molar-refractivity contribution < 1.29 is 17.6 Å². The van der Waals surface area contributed by atoms with Gasteiger partial charge in [-0.05, 0) is 50.6 Å². The Morgan fingerprint density at radius 2 is 1.88 bits per heavy atom. The van der Waals surface area contributed by atoms with Crippen LogP contribution in [0, 0.1) is 18.6 Å².